The molecule has 0 bridgehead atoms. The second kappa shape index (κ2) is 8.33. The molecule has 0 saturated carbocycles. The molecule has 2 rings (SSSR count). The van der Waals surface area contributed by atoms with E-state index < -0.39 is 40.0 Å². The van der Waals surface area contributed by atoms with Crippen molar-refractivity contribution in [3.05, 3.63) is 30.3 Å². The standard InChI is InChI=1S/C17H23NO6S/c1-3-15(24-14-7-5-4-6-8-14)17(20)23-12(2)16(19)18-13-9-10-25(21,22)11-13/h4-8,12-13,15H,3,9-11H2,1-2H3,(H,18,19)/t12-,13+,15+/m0/s1. The van der Waals surface area contributed by atoms with Gasteiger partial charge in [0.1, 0.15) is 5.75 Å². The Morgan fingerprint density at radius 3 is 2.52 bits per heavy atom. The molecule has 1 saturated heterocycles. The Morgan fingerprint density at radius 2 is 1.96 bits per heavy atom. The zero-order valence-corrected chi connectivity index (χ0v) is 15.1. The molecular weight excluding hydrogens is 346 g/mol. The maximum absolute atomic E-state index is 12.2. The molecule has 138 valence electrons. The van der Waals surface area contributed by atoms with Gasteiger partial charge in [-0.1, -0.05) is 25.1 Å². The molecule has 0 radical (unpaired) electrons. The van der Waals surface area contributed by atoms with Crippen LogP contribution in [0.15, 0.2) is 30.3 Å². The third-order valence-electron chi connectivity index (χ3n) is 3.90. The number of carbonyl (C=O) groups excluding carboxylic acids is 2. The molecule has 1 fully saturated rings. The highest BCUT2D eigenvalue weighted by Gasteiger charge is 2.31. The predicted molar refractivity (Wildman–Crippen MR) is 91.9 cm³/mol. The summed E-state index contributed by atoms with van der Waals surface area (Å²) in [6.45, 7) is 3.23. The number of ether oxygens (including phenoxy) is 2. The van der Waals surface area contributed by atoms with Crippen LogP contribution < -0.4 is 10.1 Å². The van der Waals surface area contributed by atoms with Gasteiger partial charge in [-0.15, -0.1) is 0 Å². The van der Waals surface area contributed by atoms with E-state index in [4.69, 9.17) is 9.47 Å². The number of rotatable bonds is 7. The Bertz CT molecular complexity index is 703. The van der Waals surface area contributed by atoms with Crippen LogP contribution in [0.2, 0.25) is 0 Å². The summed E-state index contributed by atoms with van der Waals surface area (Å²) in [5.41, 5.74) is 0. The molecule has 7 nitrogen and oxygen atoms in total. The van der Waals surface area contributed by atoms with E-state index in [2.05, 4.69) is 5.32 Å². The number of para-hydroxylation sites is 1. The monoisotopic (exact) mass is 369 g/mol. The summed E-state index contributed by atoms with van der Waals surface area (Å²) in [5.74, 6) is -0.610. The summed E-state index contributed by atoms with van der Waals surface area (Å²) >= 11 is 0. The lowest BCUT2D eigenvalue weighted by Gasteiger charge is -2.20. The fourth-order valence-corrected chi connectivity index (χ4v) is 4.17. The Kier molecular flexibility index (Phi) is 6.41. The van der Waals surface area contributed by atoms with Crippen molar-refractivity contribution in [3.63, 3.8) is 0 Å². The van der Waals surface area contributed by atoms with E-state index in [-0.39, 0.29) is 11.5 Å². The molecule has 8 heteroatoms. The van der Waals surface area contributed by atoms with E-state index in [9.17, 15) is 18.0 Å². The normalized spacial score (nSPS) is 21.1. The molecular formula is C17H23NO6S. The van der Waals surface area contributed by atoms with Gasteiger partial charge in [0, 0.05) is 6.04 Å². The van der Waals surface area contributed by atoms with E-state index in [1.807, 2.05) is 6.07 Å². The summed E-state index contributed by atoms with van der Waals surface area (Å²) in [5, 5.41) is 2.61. The lowest BCUT2D eigenvalue weighted by Crippen LogP contribution is -2.44. The molecule has 0 spiro atoms. The second-order valence-corrected chi connectivity index (χ2v) is 8.24. The van der Waals surface area contributed by atoms with Gasteiger partial charge >= 0.3 is 5.97 Å². The van der Waals surface area contributed by atoms with E-state index in [1.165, 1.54) is 6.92 Å². The van der Waals surface area contributed by atoms with E-state index in [0.717, 1.165) is 0 Å². The molecule has 25 heavy (non-hydrogen) atoms. The van der Waals surface area contributed by atoms with Crippen LogP contribution in [-0.2, 0) is 24.2 Å². The van der Waals surface area contributed by atoms with Crippen LogP contribution in [0.3, 0.4) is 0 Å². The van der Waals surface area contributed by atoms with Crippen molar-refractivity contribution in [2.45, 2.75) is 44.9 Å². The Morgan fingerprint density at radius 1 is 1.28 bits per heavy atom. The number of sulfone groups is 1. The smallest absolute Gasteiger partial charge is 0.348 e. The van der Waals surface area contributed by atoms with Crippen LogP contribution in [0.5, 0.6) is 5.75 Å². The highest BCUT2D eigenvalue weighted by molar-refractivity contribution is 7.91. The van der Waals surface area contributed by atoms with Gasteiger partial charge in [-0.05, 0) is 31.9 Å². The molecule has 1 aromatic carbocycles. The third kappa shape index (κ3) is 5.74. The number of carbonyl (C=O) groups is 2. The Balaban J connectivity index is 1.86. The second-order valence-electron chi connectivity index (χ2n) is 6.02. The summed E-state index contributed by atoms with van der Waals surface area (Å²) < 4.78 is 33.6. The van der Waals surface area contributed by atoms with Crippen LogP contribution >= 0.6 is 0 Å². The van der Waals surface area contributed by atoms with Crippen LogP contribution in [0.1, 0.15) is 26.7 Å². The fourth-order valence-electron chi connectivity index (χ4n) is 2.49. The molecule has 1 aromatic rings. The van der Waals surface area contributed by atoms with Crippen LogP contribution in [0.25, 0.3) is 0 Å². The molecule has 1 amide bonds. The number of hydrogen-bond acceptors (Lipinski definition) is 6. The van der Waals surface area contributed by atoms with Crippen molar-refractivity contribution < 1.29 is 27.5 Å². The summed E-state index contributed by atoms with van der Waals surface area (Å²) in [7, 11) is -3.08. The van der Waals surface area contributed by atoms with Gasteiger partial charge in [0.25, 0.3) is 5.91 Å². The van der Waals surface area contributed by atoms with Gasteiger partial charge in [-0.25, -0.2) is 13.2 Å². The maximum atomic E-state index is 12.2. The summed E-state index contributed by atoms with van der Waals surface area (Å²) in [4.78, 5) is 24.3. The molecule has 1 aliphatic rings. The Labute approximate surface area is 147 Å². The predicted octanol–water partition coefficient (Wildman–Crippen LogP) is 1.08. The first-order valence-corrected chi connectivity index (χ1v) is 10.1. The minimum atomic E-state index is -3.08. The average Bonchev–Trinajstić information content (AvgIpc) is 2.91. The molecule has 0 unspecified atom stereocenters. The number of esters is 1. The molecule has 0 aromatic heterocycles. The van der Waals surface area contributed by atoms with E-state index in [0.29, 0.717) is 18.6 Å². The van der Waals surface area contributed by atoms with Gasteiger partial charge in [-0.2, -0.15) is 0 Å². The summed E-state index contributed by atoms with van der Waals surface area (Å²) in [6, 6.07) is 8.44. The van der Waals surface area contributed by atoms with Crippen molar-refractivity contribution in [1.29, 1.82) is 0 Å². The first-order chi connectivity index (χ1) is 11.8. The van der Waals surface area contributed by atoms with Crippen molar-refractivity contribution in [1.82, 2.24) is 5.32 Å². The van der Waals surface area contributed by atoms with Crippen molar-refractivity contribution in [3.8, 4) is 5.75 Å². The average molecular weight is 369 g/mol. The van der Waals surface area contributed by atoms with Gasteiger partial charge < -0.3 is 14.8 Å². The largest absolute Gasteiger partial charge is 0.479 e. The van der Waals surface area contributed by atoms with E-state index >= 15 is 0 Å². The zero-order chi connectivity index (χ0) is 18.4. The lowest BCUT2D eigenvalue weighted by atomic mass is 10.2. The number of benzene rings is 1. The molecule has 3 atom stereocenters. The lowest BCUT2D eigenvalue weighted by molar-refractivity contribution is -0.161. The first-order valence-electron chi connectivity index (χ1n) is 8.23. The number of nitrogens with one attached hydrogen (secondary N) is 1. The zero-order valence-electron chi connectivity index (χ0n) is 14.3. The fraction of sp³-hybridized carbons (Fsp3) is 0.529. The van der Waals surface area contributed by atoms with Gasteiger partial charge in [0.2, 0.25) is 0 Å². The van der Waals surface area contributed by atoms with Crippen LogP contribution in [-0.4, -0.2) is 50.0 Å². The minimum absolute atomic E-state index is 0.0644. The highest BCUT2D eigenvalue weighted by Crippen LogP contribution is 2.15. The maximum Gasteiger partial charge on any atom is 0.348 e. The SMILES string of the molecule is CC[C@@H](Oc1ccccc1)C(=O)O[C@@H](C)C(=O)N[C@@H]1CCS(=O)(=O)C1. The minimum Gasteiger partial charge on any atom is -0.479 e. The highest BCUT2D eigenvalue weighted by atomic mass is 32.2. The van der Waals surface area contributed by atoms with Gasteiger partial charge in [0.15, 0.2) is 22.0 Å². The van der Waals surface area contributed by atoms with Gasteiger partial charge in [0.05, 0.1) is 11.5 Å². The van der Waals surface area contributed by atoms with Gasteiger partial charge in [-0.3, -0.25) is 4.79 Å². The third-order valence-corrected chi connectivity index (χ3v) is 5.66. The van der Waals surface area contributed by atoms with Crippen molar-refractivity contribution in [2.75, 3.05) is 11.5 Å². The molecule has 1 heterocycles. The van der Waals surface area contributed by atoms with Crippen LogP contribution in [0, 0.1) is 0 Å². The number of hydrogen-bond donors (Lipinski definition) is 1. The van der Waals surface area contributed by atoms with Crippen molar-refractivity contribution >= 4 is 21.7 Å². The molecule has 1 aliphatic heterocycles. The number of amides is 1. The first kappa shape index (κ1) is 19.2. The topological polar surface area (TPSA) is 98.8 Å². The van der Waals surface area contributed by atoms with E-state index in [1.54, 1.807) is 31.2 Å². The molecule has 0 aliphatic carbocycles. The summed E-state index contributed by atoms with van der Waals surface area (Å²) in [6.07, 6.45) is -1.07. The van der Waals surface area contributed by atoms with Crippen molar-refractivity contribution in [2.24, 2.45) is 0 Å². The molecule has 1 N–H and O–H groups in total. The van der Waals surface area contributed by atoms with Crippen LogP contribution in [0.4, 0.5) is 0 Å². The Hall–Kier alpha value is -2.09. The quantitative estimate of drug-likeness (QED) is 0.722.